The molecule has 0 aliphatic carbocycles. The van der Waals surface area contributed by atoms with Crippen molar-refractivity contribution in [3.63, 3.8) is 0 Å². The summed E-state index contributed by atoms with van der Waals surface area (Å²) in [6.07, 6.45) is 7.89. The van der Waals surface area contributed by atoms with Crippen LogP contribution in [-0.4, -0.2) is 15.1 Å². The maximum absolute atomic E-state index is 5.99. The summed E-state index contributed by atoms with van der Waals surface area (Å²) in [5, 5.41) is 4.80. The molecule has 0 aliphatic heterocycles. The van der Waals surface area contributed by atoms with Gasteiger partial charge in [-0.25, -0.2) is 4.98 Å². The van der Waals surface area contributed by atoms with E-state index in [9.17, 15) is 0 Å². The average molecular weight is 373 g/mol. The smallest absolute Gasteiger partial charge is 0.189 e. The molecule has 1 aromatic heterocycles. The van der Waals surface area contributed by atoms with E-state index in [2.05, 4.69) is 17.2 Å². The van der Waals surface area contributed by atoms with E-state index in [0.29, 0.717) is 0 Å². The number of thiocarbonyl (C=S) groups is 1. The molecule has 120 valence electrons. The van der Waals surface area contributed by atoms with Crippen molar-refractivity contribution < 1.29 is 0 Å². The van der Waals surface area contributed by atoms with E-state index in [-0.39, 0.29) is 0 Å². The maximum Gasteiger partial charge on any atom is 0.189 e. The van der Waals surface area contributed by atoms with Gasteiger partial charge in [0.15, 0.2) is 5.13 Å². The zero-order valence-electron chi connectivity index (χ0n) is 12.7. The van der Waals surface area contributed by atoms with Gasteiger partial charge in [0, 0.05) is 10.8 Å². The normalized spacial score (nSPS) is 11.0. The average Bonchev–Trinajstić information content (AvgIpc) is 2.87. The predicted molar refractivity (Wildman–Crippen MR) is 107 cm³/mol. The summed E-state index contributed by atoms with van der Waals surface area (Å²) in [6, 6.07) is 5.73. The zero-order valence-corrected chi connectivity index (χ0v) is 15.9. The number of hydrogen-bond acceptors (Lipinski definition) is 4. The Balaban J connectivity index is 1.70. The number of thioether (sulfide) groups is 1. The third kappa shape index (κ3) is 6.03. The number of thiazole rings is 1. The van der Waals surface area contributed by atoms with Crippen LogP contribution in [-0.2, 0) is 0 Å². The molecule has 0 saturated heterocycles. The van der Waals surface area contributed by atoms with Gasteiger partial charge in [-0.15, -0.1) is 0 Å². The number of rotatable bonds is 8. The lowest BCUT2D eigenvalue weighted by molar-refractivity contribution is 0.627. The first kappa shape index (κ1) is 18.0. The van der Waals surface area contributed by atoms with Gasteiger partial charge in [-0.05, 0) is 24.6 Å². The Kier molecular flexibility index (Phi) is 7.94. The van der Waals surface area contributed by atoms with E-state index < -0.39 is 0 Å². The first-order valence-corrected chi connectivity index (χ1v) is 10.3. The highest BCUT2D eigenvalue weighted by Gasteiger charge is 2.06. The van der Waals surface area contributed by atoms with E-state index in [1.54, 1.807) is 23.1 Å². The summed E-state index contributed by atoms with van der Waals surface area (Å²) in [7, 11) is 0. The molecule has 2 aromatic rings. The van der Waals surface area contributed by atoms with Crippen molar-refractivity contribution in [2.24, 2.45) is 0 Å². The molecule has 0 spiro atoms. The monoisotopic (exact) mass is 372 g/mol. The quantitative estimate of drug-likeness (QED) is 0.409. The molecule has 2 nitrogen and oxygen atoms in total. The van der Waals surface area contributed by atoms with Crippen LogP contribution < -0.4 is 5.32 Å². The number of hydrogen-bond donors (Lipinski definition) is 1. The van der Waals surface area contributed by atoms with Gasteiger partial charge in [-0.1, -0.05) is 85.9 Å². The summed E-state index contributed by atoms with van der Waals surface area (Å²) in [4.78, 5) is 4.52. The zero-order chi connectivity index (χ0) is 15.8. The van der Waals surface area contributed by atoms with Crippen LogP contribution in [0, 0.1) is 0 Å². The van der Waals surface area contributed by atoms with Crippen LogP contribution in [0.15, 0.2) is 18.2 Å². The van der Waals surface area contributed by atoms with Crippen molar-refractivity contribution in [2.75, 3.05) is 11.1 Å². The fourth-order valence-corrected chi connectivity index (χ4v) is 4.45. The van der Waals surface area contributed by atoms with E-state index >= 15 is 0 Å². The first-order chi connectivity index (χ1) is 10.7. The van der Waals surface area contributed by atoms with Gasteiger partial charge in [0.25, 0.3) is 0 Å². The lowest BCUT2D eigenvalue weighted by Crippen LogP contribution is -2.04. The minimum atomic E-state index is 0.739. The summed E-state index contributed by atoms with van der Waals surface area (Å²) in [6.45, 7) is 2.25. The van der Waals surface area contributed by atoms with Crippen molar-refractivity contribution in [1.82, 2.24) is 4.98 Å². The van der Waals surface area contributed by atoms with Crippen molar-refractivity contribution in [2.45, 2.75) is 45.4 Å². The summed E-state index contributed by atoms with van der Waals surface area (Å²) >= 11 is 14.7. The number of aromatic nitrogens is 1. The van der Waals surface area contributed by atoms with Crippen LogP contribution in [0.5, 0.6) is 0 Å². The van der Waals surface area contributed by atoms with E-state index in [4.69, 9.17) is 23.8 Å². The summed E-state index contributed by atoms with van der Waals surface area (Å²) in [5.74, 6) is 1.08. The molecule has 0 atom stereocenters. The predicted octanol–water partition coefficient (Wildman–Crippen LogP) is 6.74. The van der Waals surface area contributed by atoms with Crippen molar-refractivity contribution in [3.8, 4) is 0 Å². The molecule has 1 heterocycles. The number of unbranched alkanes of at least 4 members (excludes halogenated alkanes) is 5. The number of nitrogens with zero attached hydrogens (tertiary/aromatic N) is 1. The molecule has 0 radical (unpaired) electrons. The van der Waals surface area contributed by atoms with Crippen molar-refractivity contribution in [3.05, 3.63) is 23.2 Å². The molecule has 0 saturated carbocycles. The minimum absolute atomic E-state index is 0.739. The molecule has 0 unspecified atom stereocenters. The SMILES string of the molecule is CCCCCCCCSC(=S)Nc1nc2ccc(Cl)cc2s1. The van der Waals surface area contributed by atoms with Gasteiger partial charge in [0.05, 0.1) is 10.2 Å². The van der Waals surface area contributed by atoms with Crippen molar-refractivity contribution in [1.29, 1.82) is 0 Å². The molecule has 0 bridgehead atoms. The van der Waals surface area contributed by atoms with Gasteiger partial charge in [0.1, 0.15) is 4.32 Å². The summed E-state index contributed by atoms with van der Waals surface area (Å²) < 4.78 is 1.89. The van der Waals surface area contributed by atoms with Crippen LogP contribution in [0.25, 0.3) is 10.2 Å². The number of fused-ring (bicyclic) bond motifs is 1. The van der Waals surface area contributed by atoms with Crippen LogP contribution in [0.1, 0.15) is 45.4 Å². The minimum Gasteiger partial charge on any atom is -0.317 e. The highest BCUT2D eigenvalue weighted by molar-refractivity contribution is 8.23. The lowest BCUT2D eigenvalue weighted by atomic mass is 10.1. The Bertz CT molecular complexity index is 612. The summed E-state index contributed by atoms with van der Waals surface area (Å²) in [5.41, 5.74) is 0.959. The lowest BCUT2D eigenvalue weighted by Gasteiger charge is -2.04. The van der Waals surface area contributed by atoms with E-state index in [1.807, 2.05) is 18.2 Å². The second kappa shape index (κ2) is 9.71. The largest absolute Gasteiger partial charge is 0.317 e. The Hall–Kier alpha value is -0.360. The molecule has 1 N–H and O–H groups in total. The molecule has 0 amide bonds. The number of benzene rings is 1. The Labute approximate surface area is 151 Å². The van der Waals surface area contributed by atoms with Crippen LogP contribution in [0.3, 0.4) is 0 Å². The third-order valence-corrected chi connectivity index (χ3v) is 5.77. The maximum atomic E-state index is 5.99. The van der Waals surface area contributed by atoms with Crippen LogP contribution in [0.2, 0.25) is 5.02 Å². The Morgan fingerprint density at radius 1 is 1.27 bits per heavy atom. The highest BCUT2D eigenvalue weighted by atomic mass is 35.5. The second-order valence-corrected chi connectivity index (χ2v) is 8.40. The molecular formula is C16H21ClN2S3. The third-order valence-electron chi connectivity index (χ3n) is 3.29. The number of nitrogens with one attached hydrogen (secondary N) is 1. The van der Waals surface area contributed by atoms with Gasteiger partial charge in [-0.2, -0.15) is 0 Å². The molecule has 0 fully saturated rings. The second-order valence-electron chi connectivity index (χ2n) is 5.16. The first-order valence-electron chi connectivity index (χ1n) is 7.69. The molecular weight excluding hydrogens is 352 g/mol. The topological polar surface area (TPSA) is 24.9 Å². The van der Waals surface area contributed by atoms with E-state index in [1.165, 1.54) is 38.5 Å². The molecule has 2 rings (SSSR count). The molecule has 1 aromatic carbocycles. The van der Waals surface area contributed by atoms with Gasteiger partial charge in [0.2, 0.25) is 0 Å². The Morgan fingerprint density at radius 3 is 2.86 bits per heavy atom. The van der Waals surface area contributed by atoms with Gasteiger partial charge < -0.3 is 5.32 Å². The van der Waals surface area contributed by atoms with Crippen molar-refractivity contribution >= 4 is 66.6 Å². The molecule has 22 heavy (non-hydrogen) atoms. The fraction of sp³-hybridized carbons (Fsp3) is 0.500. The Morgan fingerprint density at radius 2 is 2.05 bits per heavy atom. The molecule has 6 heteroatoms. The van der Waals surface area contributed by atoms with Crippen LogP contribution >= 0.6 is 46.9 Å². The van der Waals surface area contributed by atoms with Gasteiger partial charge >= 0.3 is 0 Å². The molecule has 0 aliphatic rings. The van der Waals surface area contributed by atoms with Crippen LogP contribution in [0.4, 0.5) is 5.13 Å². The van der Waals surface area contributed by atoms with E-state index in [0.717, 1.165) is 30.4 Å². The number of halogens is 1. The highest BCUT2D eigenvalue weighted by Crippen LogP contribution is 2.29. The van der Waals surface area contributed by atoms with Gasteiger partial charge in [-0.3, -0.25) is 0 Å². The number of anilines is 1. The fourth-order valence-electron chi connectivity index (χ4n) is 2.12. The standard InChI is InChI=1S/C16H21ClN2S3/c1-2-3-4-5-6-7-10-21-16(20)19-15-18-13-9-8-12(17)11-14(13)22-15/h8-9,11H,2-7,10H2,1H3,(H,18,19,20).